The maximum absolute atomic E-state index is 10.7. The molecule has 0 aromatic carbocycles. The maximum atomic E-state index is 10.7. The van der Waals surface area contributed by atoms with Gasteiger partial charge in [0.2, 0.25) is 10.0 Å². The van der Waals surface area contributed by atoms with Crippen LogP contribution in [-0.4, -0.2) is 33.8 Å². The fourth-order valence-corrected chi connectivity index (χ4v) is 1.95. The fraction of sp³-hybridized carbons (Fsp3) is 0.778. The van der Waals surface area contributed by atoms with Crippen molar-refractivity contribution >= 4 is 10.0 Å². The van der Waals surface area contributed by atoms with E-state index in [9.17, 15) is 8.42 Å². The lowest BCUT2D eigenvalue weighted by Gasteiger charge is -2.17. The average molecular weight is 218 g/mol. The van der Waals surface area contributed by atoms with Gasteiger partial charge in [-0.05, 0) is 19.3 Å². The molecule has 0 spiro atoms. The summed E-state index contributed by atoms with van der Waals surface area (Å²) in [5.41, 5.74) is 0. The minimum absolute atomic E-state index is 0.421. The monoisotopic (exact) mass is 218 g/mol. The molecule has 5 heteroatoms. The highest BCUT2D eigenvalue weighted by Gasteiger charge is 2.06. The topological polar surface area (TPSA) is 58.2 Å². The Morgan fingerprint density at radius 2 is 2.21 bits per heavy atom. The Kier molecular flexibility index (Phi) is 4.57. The van der Waals surface area contributed by atoms with E-state index in [1.54, 1.807) is 0 Å². The van der Waals surface area contributed by atoms with Gasteiger partial charge in [-0.25, -0.2) is 13.1 Å². The van der Waals surface area contributed by atoms with Gasteiger partial charge in [0.05, 0.1) is 6.26 Å². The second-order valence-corrected chi connectivity index (χ2v) is 5.42. The molecule has 0 fully saturated rings. The van der Waals surface area contributed by atoms with Gasteiger partial charge in [-0.15, -0.1) is 0 Å². The molecule has 0 aromatic rings. The van der Waals surface area contributed by atoms with E-state index in [0.717, 1.165) is 6.42 Å². The lowest BCUT2D eigenvalue weighted by molar-refractivity contribution is 0.520. The molecule has 1 rings (SSSR count). The van der Waals surface area contributed by atoms with Crippen molar-refractivity contribution in [3.05, 3.63) is 12.2 Å². The van der Waals surface area contributed by atoms with Gasteiger partial charge in [0.1, 0.15) is 0 Å². The standard InChI is InChI=1S/C9H18N2O2S/c1-14(12,13)11-8-7-10-9-5-3-2-4-6-9/h3,5,9-11H,2,4,6-8H2,1H3. The van der Waals surface area contributed by atoms with Gasteiger partial charge >= 0.3 is 0 Å². The molecule has 0 amide bonds. The summed E-state index contributed by atoms with van der Waals surface area (Å²) in [5, 5.41) is 3.28. The zero-order valence-electron chi connectivity index (χ0n) is 8.49. The van der Waals surface area contributed by atoms with Crippen LogP contribution in [0.2, 0.25) is 0 Å². The van der Waals surface area contributed by atoms with Gasteiger partial charge in [-0.2, -0.15) is 0 Å². The molecule has 2 N–H and O–H groups in total. The van der Waals surface area contributed by atoms with Crippen molar-refractivity contribution in [2.45, 2.75) is 25.3 Å². The summed E-state index contributed by atoms with van der Waals surface area (Å²) >= 11 is 0. The van der Waals surface area contributed by atoms with Crippen molar-refractivity contribution in [2.24, 2.45) is 0 Å². The Hall–Kier alpha value is -0.390. The van der Waals surface area contributed by atoms with Gasteiger partial charge in [-0.1, -0.05) is 12.2 Å². The molecule has 0 aliphatic heterocycles. The second-order valence-electron chi connectivity index (χ2n) is 3.59. The van der Waals surface area contributed by atoms with E-state index in [-0.39, 0.29) is 0 Å². The molecule has 1 aliphatic carbocycles. The molecule has 0 heterocycles. The van der Waals surface area contributed by atoms with Crippen LogP contribution in [0.1, 0.15) is 19.3 Å². The summed E-state index contributed by atoms with van der Waals surface area (Å²) in [4.78, 5) is 0. The molecule has 0 bridgehead atoms. The average Bonchev–Trinajstić information content (AvgIpc) is 2.13. The van der Waals surface area contributed by atoms with Crippen LogP contribution in [0.3, 0.4) is 0 Å². The summed E-state index contributed by atoms with van der Waals surface area (Å²) < 4.78 is 23.9. The van der Waals surface area contributed by atoms with Crippen LogP contribution in [0.15, 0.2) is 12.2 Å². The number of sulfonamides is 1. The van der Waals surface area contributed by atoms with Crippen LogP contribution >= 0.6 is 0 Å². The van der Waals surface area contributed by atoms with E-state index >= 15 is 0 Å². The summed E-state index contributed by atoms with van der Waals surface area (Å²) in [7, 11) is -3.04. The SMILES string of the molecule is CS(=O)(=O)NCCNC1C=CCCC1. The molecule has 82 valence electrons. The van der Waals surface area contributed by atoms with E-state index in [2.05, 4.69) is 22.2 Å². The summed E-state index contributed by atoms with van der Waals surface area (Å²) in [5.74, 6) is 0. The summed E-state index contributed by atoms with van der Waals surface area (Å²) in [6.45, 7) is 1.14. The summed E-state index contributed by atoms with van der Waals surface area (Å²) in [6.07, 6.45) is 9.03. The van der Waals surface area contributed by atoms with E-state index in [1.165, 1.54) is 19.1 Å². The molecular weight excluding hydrogens is 200 g/mol. The molecule has 1 unspecified atom stereocenters. The predicted molar refractivity (Wildman–Crippen MR) is 57.6 cm³/mol. The van der Waals surface area contributed by atoms with Gasteiger partial charge in [-0.3, -0.25) is 0 Å². The maximum Gasteiger partial charge on any atom is 0.208 e. The first-order chi connectivity index (χ1) is 6.58. The minimum atomic E-state index is -3.04. The van der Waals surface area contributed by atoms with Crippen molar-refractivity contribution < 1.29 is 8.42 Å². The fourth-order valence-electron chi connectivity index (χ4n) is 1.48. The number of rotatable bonds is 5. The van der Waals surface area contributed by atoms with Crippen LogP contribution in [0.25, 0.3) is 0 Å². The number of allylic oxidation sites excluding steroid dienone is 1. The van der Waals surface area contributed by atoms with E-state index in [4.69, 9.17) is 0 Å². The predicted octanol–water partition coefficient (Wildman–Crippen LogP) is 0.234. The highest BCUT2D eigenvalue weighted by Crippen LogP contribution is 2.09. The number of hydrogen-bond acceptors (Lipinski definition) is 3. The van der Waals surface area contributed by atoms with E-state index < -0.39 is 10.0 Å². The second kappa shape index (κ2) is 5.48. The molecule has 0 aromatic heterocycles. The first-order valence-corrected chi connectivity index (χ1v) is 6.82. The van der Waals surface area contributed by atoms with Crippen molar-refractivity contribution in [1.82, 2.24) is 10.0 Å². The third kappa shape index (κ3) is 5.36. The smallest absolute Gasteiger partial charge is 0.208 e. The van der Waals surface area contributed by atoms with Crippen LogP contribution < -0.4 is 10.0 Å². The highest BCUT2D eigenvalue weighted by atomic mass is 32.2. The molecule has 14 heavy (non-hydrogen) atoms. The number of nitrogens with one attached hydrogen (secondary N) is 2. The van der Waals surface area contributed by atoms with Crippen LogP contribution in [0.5, 0.6) is 0 Å². The zero-order valence-corrected chi connectivity index (χ0v) is 9.31. The van der Waals surface area contributed by atoms with Crippen molar-refractivity contribution in [1.29, 1.82) is 0 Å². The van der Waals surface area contributed by atoms with Crippen molar-refractivity contribution in [3.8, 4) is 0 Å². The first kappa shape index (κ1) is 11.7. The zero-order chi connectivity index (χ0) is 10.4. The molecule has 0 saturated carbocycles. The Labute approximate surface area is 85.8 Å². The van der Waals surface area contributed by atoms with Crippen LogP contribution in [0.4, 0.5) is 0 Å². The Morgan fingerprint density at radius 1 is 1.43 bits per heavy atom. The Bertz CT molecular complexity index is 285. The number of hydrogen-bond donors (Lipinski definition) is 2. The van der Waals surface area contributed by atoms with Crippen LogP contribution in [-0.2, 0) is 10.0 Å². The molecular formula is C9H18N2O2S. The molecule has 4 nitrogen and oxygen atoms in total. The third-order valence-electron chi connectivity index (χ3n) is 2.15. The lowest BCUT2D eigenvalue weighted by atomic mass is 10.0. The largest absolute Gasteiger partial charge is 0.309 e. The molecule has 0 saturated heterocycles. The first-order valence-electron chi connectivity index (χ1n) is 4.92. The lowest BCUT2D eigenvalue weighted by Crippen LogP contribution is -2.36. The molecule has 1 aliphatic rings. The van der Waals surface area contributed by atoms with Gasteiger partial charge in [0.25, 0.3) is 0 Å². The highest BCUT2D eigenvalue weighted by molar-refractivity contribution is 7.88. The molecule has 1 atom stereocenters. The van der Waals surface area contributed by atoms with Crippen molar-refractivity contribution in [3.63, 3.8) is 0 Å². The Balaban J connectivity index is 2.09. The molecule has 0 radical (unpaired) electrons. The Morgan fingerprint density at radius 3 is 2.79 bits per heavy atom. The van der Waals surface area contributed by atoms with E-state index in [1.807, 2.05) is 0 Å². The van der Waals surface area contributed by atoms with Crippen molar-refractivity contribution in [2.75, 3.05) is 19.3 Å². The van der Waals surface area contributed by atoms with Gasteiger partial charge in [0, 0.05) is 19.1 Å². The third-order valence-corrected chi connectivity index (χ3v) is 2.88. The van der Waals surface area contributed by atoms with Crippen LogP contribution in [0, 0.1) is 0 Å². The normalized spacial score (nSPS) is 22.5. The quantitative estimate of drug-likeness (QED) is 0.513. The minimum Gasteiger partial charge on any atom is -0.309 e. The van der Waals surface area contributed by atoms with E-state index in [0.29, 0.717) is 19.1 Å². The van der Waals surface area contributed by atoms with Gasteiger partial charge in [0.15, 0.2) is 0 Å². The van der Waals surface area contributed by atoms with Gasteiger partial charge < -0.3 is 5.32 Å². The summed E-state index contributed by atoms with van der Waals surface area (Å²) in [6, 6.07) is 0.421.